The molecule has 1 aliphatic heterocycles. The largest absolute Gasteiger partial charge is 0.497 e. The van der Waals surface area contributed by atoms with Crippen molar-refractivity contribution in [1.82, 2.24) is 0 Å². The maximum atomic E-state index is 5.48. The fraction of sp³-hybridized carbons (Fsp3) is 0.250. The predicted molar refractivity (Wildman–Crippen MR) is 73.1 cm³/mol. The molecule has 0 atom stereocenters. The average Bonchev–Trinajstić information content (AvgIpc) is 3.02. The van der Waals surface area contributed by atoms with Crippen molar-refractivity contribution in [2.24, 2.45) is 0 Å². The van der Waals surface area contributed by atoms with Gasteiger partial charge in [-0.3, -0.25) is 0 Å². The minimum absolute atomic E-state index is 0.204. The Morgan fingerprint density at radius 1 is 0.842 bits per heavy atom. The van der Waals surface area contributed by atoms with E-state index in [1.807, 2.05) is 12.1 Å². The molecule has 0 spiro atoms. The molecule has 19 heavy (non-hydrogen) atoms. The van der Waals surface area contributed by atoms with Crippen LogP contribution in [0.3, 0.4) is 0 Å². The van der Waals surface area contributed by atoms with Gasteiger partial charge < -0.3 is 14.2 Å². The lowest BCUT2D eigenvalue weighted by Crippen LogP contribution is -1.97. The number of hydrogen-bond acceptors (Lipinski definition) is 3. The first-order valence-corrected chi connectivity index (χ1v) is 6.34. The molecular weight excluding hydrogens is 240 g/mol. The predicted octanol–water partition coefficient (Wildman–Crippen LogP) is 3.41. The summed E-state index contributed by atoms with van der Waals surface area (Å²) in [6.07, 6.45) is -0.204. The van der Waals surface area contributed by atoms with Crippen LogP contribution in [-0.4, -0.2) is 20.3 Å². The first kappa shape index (κ1) is 12.2. The highest BCUT2D eigenvalue weighted by Crippen LogP contribution is 2.27. The molecule has 0 N–H and O–H groups in total. The van der Waals surface area contributed by atoms with E-state index >= 15 is 0 Å². The molecule has 2 aromatic rings. The van der Waals surface area contributed by atoms with Gasteiger partial charge in [-0.15, -0.1) is 0 Å². The quantitative estimate of drug-likeness (QED) is 0.842. The van der Waals surface area contributed by atoms with E-state index in [4.69, 9.17) is 14.2 Å². The summed E-state index contributed by atoms with van der Waals surface area (Å²) in [6, 6.07) is 16.3. The van der Waals surface area contributed by atoms with Crippen molar-refractivity contribution < 1.29 is 14.2 Å². The third-order valence-corrected chi connectivity index (χ3v) is 3.23. The lowest BCUT2D eigenvalue weighted by atomic mass is 10.0. The molecule has 3 heteroatoms. The normalized spacial score (nSPS) is 15.6. The monoisotopic (exact) mass is 256 g/mol. The number of benzene rings is 2. The second-order valence-electron chi connectivity index (χ2n) is 4.42. The minimum Gasteiger partial charge on any atom is -0.497 e. The molecule has 0 bridgehead atoms. The molecule has 0 aromatic heterocycles. The van der Waals surface area contributed by atoms with E-state index in [1.165, 1.54) is 11.1 Å². The summed E-state index contributed by atoms with van der Waals surface area (Å²) < 4.78 is 16.1. The van der Waals surface area contributed by atoms with Crippen molar-refractivity contribution in [2.75, 3.05) is 20.3 Å². The van der Waals surface area contributed by atoms with Crippen LogP contribution in [0.15, 0.2) is 48.5 Å². The van der Waals surface area contributed by atoms with Crippen LogP contribution >= 0.6 is 0 Å². The summed E-state index contributed by atoms with van der Waals surface area (Å²) in [7, 11) is 1.67. The van der Waals surface area contributed by atoms with Crippen molar-refractivity contribution >= 4 is 0 Å². The SMILES string of the molecule is COc1ccc(-c2ccc(C3OCCO3)cc2)cc1. The highest BCUT2D eigenvalue weighted by Gasteiger charge is 2.17. The van der Waals surface area contributed by atoms with E-state index in [1.54, 1.807) is 7.11 Å². The lowest BCUT2D eigenvalue weighted by Gasteiger charge is -2.10. The van der Waals surface area contributed by atoms with Gasteiger partial charge in [0.1, 0.15) is 5.75 Å². The highest BCUT2D eigenvalue weighted by molar-refractivity contribution is 5.64. The summed E-state index contributed by atoms with van der Waals surface area (Å²) in [4.78, 5) is 0. The second-order valence-corrected chi connectivity index (χ2v) is 4.42. The Labute approximate surface area is 112 Å². The zero-order valence-corrected chi connectivity index (χ0v) is 10.8. The fourth-order valence-corrected chi connectivity index (χ4v) is 2.17. The zero-order valence-electron chi connectivity index (χ0n) is 10.8. The molecule has 0 saturated carbocycles. The summed E-state index contributed by atoms with van der Waals surface area (Å²) in [5, 5.41) is 0. The Hall–Kier alpha value is -1.84. The van der Waals surface area contributed by atoms with Gasteiger partial charge in [0, 0.05) is 5.56 Å². The summed E-state index contributed by atoms with van der Waals surface area (Å²) in [6.45, 7) is 1.34. The van der Waals surface area contributed by atoms with Crippen molar-refractivity contribution in [3.05, 3.63) is 54.1 Å². The van der Waals surface area contributed by atoms with E-state index in [9.17, 15) is 0 Å². The molecule has 1 saturated heterocycles. The standard InChI is InChI=1S/C16H16O3/c1-17-15-8-6-13(7-9-15)12-2-4-14(5-3-12)16-18-10-11-19-16/h2-9,16H,10-11H2,1H3. The number of methoxy groups -OCH3 is 1. The number of ether oxygens (including phenoxy) is 3. The molecule has 0 aliphatic carbocycles. The summed E-state index contributed by atoms with van der Waals surface area (Å²) >= 11 is 0. The second kappa shape index (κ2) is 5.43. The van der Waals surface area contributed by atoms with Crippen LogP contribution in [0, 0.1) is 0 Å². The van der Waals surface area contributed by atoms with Gasteiger partial charge in [-0.2, -0.15) is 0 Å². The Morgan fingerprint density at radius 3 is 1.89 bits per heavy atom. The molecule has 1 aliphatic rings. The van der Waals surface area contributed by atoms with E-state index in [0.717, 1.165) is 11.3 Å². The van der Waals surface area contributed by atoms with Crippen LogP contribution in [0.25, 0.3) is 11.1 Å². The maximum Gasteiger partial charge on any atom is 0.184 e. The van der Waals surface area contributed by atoms with Gasteiger partial charge in [0.15, 0.2) is 6.29 Å². The average molecular weight is 256 g/mol. The molecule has 2 aromatic carbocycles. The highest BCUT2D eigenvalue weighted by atomic mass is 16.7. The molecule has 98 valence electrons. The van der Waals surface area contributed by atoms with Crippen molar-refractivity contribution in [3.63, 3.8) is 0 Å². The van der Waals surface area contributed by atoms with E-state index < -0.39 is 0 Å². The van der Waals surface area contributed by atoms with Crippen LogP contribution < -0.4 is 4.74 Å². The van der Waals surface area contributed by atoms with Gasteiger partial charge in [0.2, 0.25) is 0 Å². The lowest BCUT2D eigenvalue weighted by molar-refractivity contribution is -0.0441. The molecule has 0 amide bonds. The van der Waals surface area contributed by atoms with Crippen molar-refractivity contribution in [1.29, 1.82) is 0 Å². The zero-order chi connectivity index (χ0) is 13.1. The summed E-state index contributed by atoms with van der Waals surface area (Å²) in [5.74, 6) is 0.869. The Balaban J connectivity index is 1.80. The first-order valence-electron chi connectivity index (χ1n) is 6.34. The van der Waals surface area contributed by atoms with Gasteiger partial charge in [-0.1, -0.05) is 36.4 Å². The fourth-order valence-electron chi connectivity index (χ4n) is 2.17. The Bertz CT molecular complexity index is 525. The first-order chi connectivity index (χ1) is 9.36. The van der Waals surface area contributed by atoms with Crippen molar-refractivity contribution in [2.45, 2.75) is 6.29 Å². The Kier molecular flexibility index (Phi) is 3.49. The van der Waals surface area contributed by atoms with Crippen molar-refractivity contribution in [3.8, 4) is 16.9 Å². The van der Waals surface area contributed by atoms with Gasteiger partial charge in [-0.25, -0.2) is 0 Å². The van der Waals surface area contributed by atoms with E-state index in [2.05, 4.69) is 36.4 Å². The third-order valence-electron chi connectivity index (χ3n) is 3.23. The molecule has 0 radical (unpaired) electrons. The molecule has 1 heterocycles. The van der Waals surface area contributed by atoms with Gasteiger partial charge >= 0.3 is 0 Å². The molecule has 3 rings (SSSR count). The van der Waals surface area contributed by atoms with E-state index in [0.29, 0.717) is 13.2 Å². The van der Waals surface area contributed by atoms with Crippen LogP contribution in [0.1, 0.15) is 11.9 Å². The third kappa shape index (κ3) is 2.62. The van der Waals surface area contributed by atoms with E-state index in [-0.39, 0.29) is 6.29 Å². The van der Waals surface area contributed by atoms with Gasteiger partial charge in [0.25, 0.3) is 0 Å². The molecule has 0 unspecified atom stereocenters. The topological polar surface area (TPSA) is 27.7 Å². The van der Waals surface area contributed by atoms with Gasteiger partial charge in [0.05, 0.1) is 20.3 Å². The minimum atomic E-state index is -0.204. The van der Waals surface area contributed by atoms with Crippen LogP contribution in [0.5, 0.6) is 5.75 Å². The molecular formula is C16H16O3. The maximum absolute atomic E-state index is 5.48. The Morgan fingerprint density at radius 2 is 1.37 bits per heavy atom. The number of rotatable bonds is 3. The smallest absolute Gasteiger partial charge is 0.184 e. The molecule has 3 nitrogen and oxygen atoms in total. The number of hydrogen-bond donors (Lipinski definition) is 0. The van der Waals surface area contributed by atoms with Gasteiger partial charge in [-0.05, 0) is 23.3 Å². The van der Waals surface area contributed by atoms with Crippen LogP contribution in [-0.2, 0) is 9.47 Å². The van der Waals surface area contributed by atoms with Crippen LogP contribution in [0.4, 0.5) is 0 Å². The van der Waals surface area contributed by atoms with Crippen LogP contribution in [0.2, 0.25) is 0 Å². The molecule has 1 fully saturated rings. The summed E-state index contributed by atoms with van der Waals surface area (Å²) in [5.41, 5.74) is 3.40.